The number of carboxylic acids is 1. The summed E-state index contributed by atoms with van der Waals surface area (Å²) in [6.07, 6.45) is 3.05. The fraction of sp³-hybridized carbons (Fsp3) is 0. The van der Waals surface area contributed by atoms with Gasteiger partial charge in [0.2, 0.25) is 0 Å². The molecule has 2 rings (SSSR count). The predicted molar refractivity (Wildman–Crippen MR) is 46.1 cm³/mol. The molecule has 2 aromatic rings. The molecule has 0 saturated heterocycles. The van der Waals surface area contributed by atoms with Crippen LogP contribution in [0.2, 0.25) is 0 Å². The molecule has 6 nitrogen and oxygen atoms in total. The first kappa shape index (κ1) is 8.36. The van der Waals surface area contributed by atoms with Crippen molar-refractivity contribution in [2.75, 3.05) is 0 Å². The third-order valence-electron chi connectivity index (χ3n) is 1.60. The molecule has 6 heteroatoms. The SMILES string of the molecule is O=C(O)c1ccn(-c2cccnn2)n1. The van der Waals surface area contributed by atoms with Gasteiger partial charge in [-0.25, -0.2) is 9.48 Å². The van der Waals surface area contributed by atoms with Crippen LogP contribution in [0.15, 0.2) is 30.6 Å². The Morgan fingerprint density at radius 2 is 2.29 bits per heavy atom. The predicted octanol–water partition coefficient (Wildman–Crippen LogP) is 0.360. The van der Waals surface area contributed by atoms with Crippen molar-refractivity contribution in [1.29, 1.82) is 0 Å². The van der Waals surface area contributed by atoms with Crippen molar-refractivity contribution < 1.29 is 9.90 Å². The summed E-state index contributed by atoms with van der Waals surface area (Å²) in [6.45, 7) is 0. The summed E-state index contributed by atoms with van der Waals surface area (Å²) in [5.41, 5.74) is -0.0179. The molecule has 0 bridgehead atoms. The molecule has 0 aliphatic heterocycles. The van der Waals surface area contributed by atoms with Gasteiger partial charge in [0, 0.05) is 12.4 Å². The van der Waals surface area contributed by atoms with E-state index in [4.69, 9.17) is 5.11 Å². The molecule has 0 saturated carbocycles. The highest BCUT2D eigenvalue weighted by atomic mass is 16.4. The zero-order valence-corrected chi connectivity index (χ0v) is 7.03. The van der Waals surface area contributed by atoms with Gasteiger partial charge < -0.3 is 5.11 Å². The highest BCUT2D eigenvalue weighted by Crippen LogP contribution is 2.02. The summed E-state index contributed by atoms with van der Waals surface area (Å²) in [4.78, 5) is 10.5. The van der Waals surface area contributed by atoms with E-state index in [-0.39, 0.29) is 5.69 Å². The van der Waals surface area contributed by atoms with Gasteiger partial charge in [-0.3, -0.25) is 0 Å². The van der Waals surface area contributed by atoms with Crippen molar-refractivity contribution in [2.24, 2.45) is 0 Å². The minimum absolute atomic E-state index is 0.0179. The quantitative estimate of drug-likeness (QED) is 0.739. The maximum Gasteiger partial charge on any atom is 0.356 e. The van der Waals surface area contributed by atoms with Crippen LogP contribution in [0.1, 0.15) is 10.5 Å². The molecule has 0 radical (unpaired) electrons. The number of nitrogens with zero attached hydrogens (tertiary/aromatic N) is 4. The Kier molecular flexibility index (Phi) is 1.94. The first-order valence-corrected chi connectivity index (χ1v) is 3.84. The highest BCUT2D eigenvalue weighted by Gasteiger charge is 2.07. The summed E-state index contributed by atoms with van der Waals surface area (Å²) >= 11 is 0. The first-order chi connectivity index (χ1) is 6.77. The van der Waals surface area contributed by atoms with E-state index in [1.807, 2.05) is 0 Å². The van der Waals surface area contributed by atoms with Crippen LogP contribution in [0.25, 0.3) is 5.82 Å². The van der Waals surface area contributed by atoms with Crippen molar-refractivity contribution in [2.45, 2.75) is 0 Å². The fourth-order valence-corrected chi connectivity index (χ4v) is 0.981. The van der Waals surface area contributed by atoms with Crippen LogP contribution in [0.3, 0.4) is 0 Å². The van der Waals surface area contributed by atoms with Crippen molar-refractivity contribution in [1.82, 2.24) is 20.0 Å². The second kappa shape index (κ2) is 3.25. The number of hydrogen-bond donors (Lipinski definition) is 1. The lowest BCUT2D eigenvalue weighted by Crippen LogP contribution is -2.02. The average molecular weight is 190 g/mol. The Hall–Kier alpha value is -2.24. The molecule has 0 atom stereocenters. The Bertz CT molecular complexity index is 451. The van der Waals surface area contributed by atoms with Crippen LogP contribution in [-0.2, 0) is 0 Å². The van der Waals surface area contributed by atoms with Gasteiger partial charge in [0.05, 0.1) is 0 Å². The maximum absolute atomic E-state index is 10.5. The molecule has 0 spiro atoms. The highest BCUT2D eigenvalue weighted by molar-refractivity contribution is 5.85. The van der Waals surface area contributed by atoms with Gasteiger partial charge in [0.1, 0.15) is 0 Å². The summed E-state index contributed by atoms with van der Waals surface area (Å²) < 4.78 is 1.36. The molecule has 0 aliphatic carbocycles. The Morgan fingerprint density at radius 1 is 1.43 bits per heavy atom. The van der Waals surface area contributed by atoms with E-state index in [1.54, 1.807) is 12.1 Å². The number of carbonyl (C=O) groups is 1. The molecule has 70 valence electrons. The molecule has 2 heterocycles. The van der Waals surface area contributed by atoms with E-state index in [0.717, 1.165) is 0 Å². The van der Waals surface area contributed by atoms with Gasteiger partial charge in [-0.15, -0.1) is 5.10 Å². The van der Waals surface area contributed by atoms with Gasteiger partial charge in [0.15, 0.2) is 11.5 Å². The topological polar surface area (TPSA) is 80.9 Å². The Labute approximate surface area is 78.8 Å². The van der Waals surface area contributed by atoms with Gasteiger partial charge in [0.25, 0.3) is 0 Å². The molecule has 14 heavy (non-hydrogen) atoms. The molecule has 0 unspecified atom stereocenters. The first-order valence-electron chi connectivity index (χ1n) is 3.84. The molecule has 1 N–H and O–H groups in total. The molecular formula is C8H6N4O2. The lowest BCUT2D eigenvalue weighted by Gasteiger charge is -1.95. The summed E-state index contributed by atoms with van der Waals surface area (Å²) in [7, 11) is 0. The average Bonchev–Trinajstić information content (AvgIpc) is 2.68. The summed E-state index contributed by atoms with van der Waals surface area (Å²) in [5, 5.41) is 19.9. The number of carboxylic acid groups (broad SMARTS) is 1. The number of aromatic nitrogens is 4. The molecular weight excluding hydrogens is 184 g/mol. The van der Waals surface area contributed by atoms with E-state index >= 15 is 0 Å². The zero-order valence-electron chi connectivity index (χ0n) is 7.03. The Morgan fingerprint density at radius 3 is 2.86 bits per heavy atom. The second-order valence-corrected chi connectivity index (χ2v) is 2.53. The lowest BCUT2D eigenvalue weighted by atomic mass is 10.5. The van der Waals surface area contributed by atoms with Gasteiger partial charge in [-0.1, -0.05) is 0 Å². The fourth-order valence-electron chi connectivity index (χ4n) is 0.981. The van der Waals surface area contributed by atoms with Crippen LogP contribution in [0.4, 0.5) is 0 Å². The maximum atomic E-state index is 10.5. The monoisotopic (exact) mass is 190 g/mol. The summed E-state index contributed by atoms with van der Waals surface area (Å²) in [5.74, 6) is -0.576. The van der Waals surface area contributed by atoms with E-state index in [2.05, 4.69) is 15.3 Å². The minimum Gasteiger partial charge on any atom is -0.476 e. The van der Waals surface area contributed by atoms with Gasteiger partial charge in [-0.05, 0) is 18.2 Å². The molecule has 2 aromatic heterocycles. The lowest BCUT2D eigenvalue weighted by molar-refractivity contribution is 0.0690. The smallest absolute Gasteiger partial charge is 0.356 e. The van der Waals surface area contributed by atoms with Crippen molar-refractivity contribution in [3.8, 4) is 5.82 Å². The largest absolute Gasteiger partial charge is 0.476 e. The zero-order chi connectivity index (χ0) is 9.97. The van der Waals surface area contributed by atoms with Crippen LogP contribution in [0, 0.1) is 0 Å². The van der Waals surface area contributed by atoms with Gasteiger partial charge in [-0.2, -0.15) is 10.2 Å². The normalized spacial score (nSPS) is 10.0. The molecule has 0 aliphatic rings. The number of rotatable bonds is 2. The van der Waals surface area contributed by atoms with Crippen molar-refractivity contribution >= 4 is 5.97 Å². The molecule has 0 amide bonds. The van der Waals surface area contributed by atoms with Gasteiger partial charge >= 0.3 is 5.97 Å². The van der Waals surface area contributed by atoms with Crippen molar-refractivity contribution in [3.63, 3.8) is 0 Å². The van der Waals surface area contributed by atoms with Crippen molar-refractivity contribution in [3.05, 3.63) is 36.3 Å². The number of aromatic carboxylic acids is 1. The minimum atomic E-state index is -1.06. The standard InChI is InChI=1S/C8H6N4O2/c13-8(14)6-3-5-12(11-6)7-2-1-4-9-10-7/h1-5H,(H,13,14). The van der Waals surface area contributed by atoms with Crippen LogP contribution >= 0.6 is 0 Å². The third kappa shape index (κ3) is 1.45. The van der Waals surface area contributed by atoms with Crippen LogP contribution in [0.5, 0.6) is 0 Å². The second-order valence-electron chi connectivity index (χ2n) is 2.53. The van der Waals surface area contributed by atoms with E-state index in [9.17, 15) is 4.79 Å². The van der Waals surface area contributed by atoms with E-state index in [0.29, 0.717) is 5.82 Å². The molecule has 0 aromatic carbocycles. The van der Waals surface area contributed by atoms with E-state index < -0.39 is 5.97 Å². The Balaban J connectivity index is 2.39. The van der Waals surface area contributed by atoms with Crippen LogP contribution in [-0.4, -0.2) is 31.1 Å². The van der Waals surface area contributed by atoms with E-state index in [1.165, 1.54) is 23.1 Å². The third-order valence-corrected chi connectivity index (χ3v) is 1.60. The summed E-state index contributed by atoms with van der Waals surface area (Å²) in [6, 6.07) is 4.78. The van der Waals surface area contributed by atoms with Crippen LogP contribution < -0.4 is 0 Å². The number of hydrogen-bond acceptors (Lipinski definition) is 4. The molecule has 0 fully saturated rings.